The first kappa shape index (κ1) is 23.2. The van der Waals surface area contributed by atoms with Crippen molar-refractivity contribution in [3.05, 3.63) is 58.9 Å². The van der Waals surface area contributed by atoms with Gasteiger partial charge in [-0.15, -0.1) is 0 Å². The molecular weight excluding hydrogens is 442 g/mol. The quantitative estimate of drug-likeness (QED) is 0.512. The summed E-state index contributed by atoms with van der Waals surface area (Å²) in [4.78, 5) is 34.2. The number of aromatic nitrogens is 3. The van der Waals surface area contributed by atoms with E-state index < -0.39 is 6.04 Å². The first-order chi connectivity index (χ1) is 15.9. The Morgan fingerprint density at radius 3 is 2.42 bits per heavy atom. The zero-order valence-corrected chi connectivity index (χ0v) is 19.8. The summed E-state index contributed by atoms with van der Waals surface area (Å²) in [5.74, 6) is -0.364. The molecule has 174 valence electrons. The molecule has 1 amide bonds. The summed E-state index contributed by atoms with van der Waals surface area (Å²) < 4.78 is 7.18. The van der Waals surface area contributed by atoms with Crippen molar-refractivity contribution < 1.29 is 14.3 Å². The van der Waals surface area contributed by atoms with Gasteiger partial charge in [0.15, 0.2) is 5.65 Å². The number of pyridine rings is 1. The van der Waals surface area contributed by atoms with Gasteiger partial charge in [-0.25, -0.2) is 14.5 Å². The van der Waals surface area contributed by atoms with Crippen LogP contribution in [0.3, 0.4) is 0 Å². The predicted octanol–water partition coefficient (Wildman–Crippen LogP) is 3.73. The van der Waals surface area contributed by atoms with Crippen LogP contribution in [-0.2, 0) is 9.53 Å². The molecule has 1 aliphatic heterocycles. The van der Waals surface area contributed by atoms with Gasteiger partial charge in [0, 0.05) is 48.8 Å². The van der Waals surface area contributed by atoms with E-state index in [0.717, 1.165) is 16.6 Å². The second kappa shape index (κ2) is 9.89. The van der Waals surface area contributed by atoms with Crippen LogP contribution in [0.2, 0.25) is 5.02 Å². The molecule has 0 radical (unpaired) electrons. The second-order valence-electron chi connectivity index (χ2n) is 8.35. The number of fused-ring (bicyclic) bond motifs is 1. The fraction of sp³-hybridized carbons (Fsp3) is 0.417. The maximum absolute atomic E-state index is 13.1. The van der Waals surface area contributed by atoms with E-state index in [1.807, 2.05) is 36.7 Å². The van der Waals surface area contributed by atoms with Crippen molar-refractivity contribution in [3.63, 3.8) is 0 Å². The van der Waals surface area contributed by atoms with Crippen LogP contribution in [0.1, 0.15) is 48.8 Å². The molecule has 0 bridgehead atoms. The number of benzene rings is 1. The number of hydrogen-bond acceptors (Lipinski definition) is 6. The zero-order chi connectivity index (χ0) is 23.5. The number of rotatable bonds is 6. The van der Waals surface area contributed by atoms with Crippen molar-refractivity contribution >= 4 is 34.5 Å². The monoisotopic (exact) mass is 469 g/mol. The van der Waals surface area contributed by atoms with Crippen molar-refractivity contribution in [1.29, 1.82) is 0 Å². The van der Waals surface area contributed by atoms with Crippen molar-refractivity contribution in [1.82, 2.24) is 24.6 Å². The van der Waals surface area contributed by atoms with Gasteiger partial charge < -0.3 is 9.64 Å². The van der Waals surface area contributed by atoms with Gasteiger partial charge in [0.1, 0.15) is 6.04 Å². The van der Waals surface area contributed by atoms with Crippen LogP contribution in [0.25, 0.3) is 11.0 Å². The minimum Gasteiger partial charge on any atom is -0.465 e. The number of ether oxygens (including phenoxy) is 1. The molecule has 3 aromatic rings. The Morgan fingerprint density at radius 2 is 1.79 bits per heavy atom. The molecule has 0 N–H and O–H groups in total. The van der Waals surface area contributed by atoms with Crippen LogP contribution in [0, 0.1) is 0 Å². The first-order valence-corrected chi connectivity index (χ1v) is 11.6. The molecule has 0 aliphatic carbocycles. The third-order valence-corrected chi connectivity index (χ3v) is 6.08. The van der Waals surface area contributed by atoms with Crippen LogP contribution in [0.4, 0.5) is 0 Å². The summed E-state index contributed by atoms with van der Waals surface area (Å²) in [5, 5.41) is 5.83. The molecule has 1 fully saturated rings. The summed E-state index contributed by atoms with van der Waals surface area (Å²) in [6.45, 7) is 8.31. The maximum Gasteiger partial charge on any atom is 0.328 e. The fourth-order valence-corrected chi connectivity index (χ4v) is 4.29. The summed E-state index contributed by atoms with van der Waals surface area (Å²) in [6.07, 6.45) is 3.36. The average Bonchev–Trinajstić information content (AvgIpc) is 3.24. The molecule has 1 atom stereocenters. The summed E-state index contributed by atoms with van der Waals surface area (Å²) in [6, 6.07) is 8.75. The molecule has 8 nitrogen and oxygen atoms in total. The van der Waals surface area contributed by atoms with Gasteiger partial charge >= 0.3 is 5.97 Å². The Bertz CT molecular complexity index is 1140. The number of hydrogen-bond donors (Lipinski definition) is 0. The number of amides is 1. The van der Waals surface area contributed by atoms with E-state index in [9.17, 15) is 9.59 Å². The van der Waals surface area contributed by atoms with Gasteiger partial charge in [-0.3, -0.25) is 9.69 Å². The van der Waals surface area contributed by atoms with E-state index in [2.05, 4.69) is 15.0 Å². The van der Waals surface area contributed by atoms with Gasteiger partial charge in [0.25, 0.3) is 5.91 Å². The predicted molar refractivity (Wildman–Crippen MR) is 126 cm³/mol. The van der Waals surface area contributed by atoms with Crippen LogP contribution in [0.5, 0.6) is 0 Å². The fourth-order valence-electron chi connectivity index (χ4n) is 4.16. The summed E-state index contributed by atoms with van der Waals surface area (Å²) >= 11 is 6.02. The highest BCUT2D eigenvalue weighted by atomic mass is 35.5. The standard InChI is InChI=1S/C24H28ClN5O3/c1-4-33-24(32)21(17-5-7-20(25)8-6-17)28-9-11-29(12-10-28)23(31)19-13-18-15-27-30(16(2)3)22(18)26-14-19/h5-8,13-16,21H,4,9-12H2,1-3H3/t21-/m1/s1. The lowest BCUT2D eigenvalue weighted by molar-refractivity contribution is -0.150. The Kier molecular flexibility index (Phi) is 6.95. The molecule has 0 spiro atoms. The van der Waals surface area contributed by atoms with Gasteiger partial charge in [0.2, 0.25) is 0 Å². The van der Waals surface area contributed by atoms with Crippen molar-refractivity contribution in [2.24, 2.45) is 0 Å². The number of carbonyl (C=O) groups excluding carboxylic acids is 2. The Morgan fingerprint density at radius 1 is 1.09 bits per heavy atom. The lowest BCUT2D eigenvalue weighted by atomic mass is 10.0. The molecule has 1 saturated heterocycles. The van der Waals surface area contributed by atoms with Crippen LogP contribution < -0.4 is 0 Å². The smallest absolute Gasteiger partial charge is 0.328 e. The minimum absolute atomic E-state index is 0.0690. The normalized spacial score (nSPS) is 15.7. The molecule has 4 rings (SSSR count). The average molecular weight is 470 g/mol. The lowest BCUT2D eigenvalue weighted by Gasteiger charge is -2.38. The highest BCUT2D eigenvalue weighted by Gasteiger charge is 2.33. The van der Waals surface area contributed by atoms with Gasteiger partial charge in [-0.1, -0.05) is 23.7 Å². The van der Waals surface area contributed by atoms with Crippen molar-refractivity contribution in [3.8, 4) is 0 Å². The SMILES string of the molecule is CCOC(=O)[C@@H](c1ccc(Cl)cc1)N1CCN(C(=O)c2cnc3c(cnn3C(C)C)c2)CC1. The number of nitrogens with zero attached hydrogens (tertiary/aromatic N) is 5. The van der Waals surface area contributed by atoms with E-state index >= 15 is 0 Å². The third-order valence-electron chi connectivity index (χ3n) is 5.83. The van der Waals surface area contributed by atoms with Crippen molar-refractivity contribution in [2.75, 3.05) is 32.8 Å². The molecule has 1 aromatic carbocycles. The zero-order valence-electron chi connectivity index (χ0n) is 19.1. The van der Waals surface area contributed by atoms with Gasteiger partial charge in [0.05, 0.1) is 18.4 Å². The van der Waals surface area contributed by atoms with E-state index in [1.165, 1.54) is 0 Å². The molecule has 0 saturated carbocycles. The third kappa shape index (κ3) is 4.86. The molecule has 3 heterocycles. The number of piperazine rings is 1. The topological polar surface area (TPSA) is 80.6 Å². The highest BCUT2D eigenvalue weighted by Crippen LogP contribution is 2.26. The van der Waals surface area contributed by atoms with E-state index in [-0.39, 0.29) is 17.9 Å². The molecule has 0 unspecified atom stereocenters. The first-order valence-electron chi connectivity index (χ1n) is 11.2. The summed E-state index contributed by atoms with van der Waals surface area (Å²) in [7, 11) is 0. The van der Waals surface area contributed by atoms with E-state index in [0.29, 0.717) is 43.4 Å². The molecule has 1 aliphatic rings. The maximum atomic E-state index is 13.1. The largest absolute Gasteiger partial charge is 0.465 e. The van der Waals surface area contributed by atoms with Crippen LogP contribution in [-0.4, -0.2) is 69.2 Å². The Labute approximate surface area is 198 Å². The minimum atomic E-state index is -0.528. The van der Waals surface area contributed by atoms with Crippen molar-refractivity contribution in [2.45, 2.75) is 32.9 Å². The van der Waals surface area contributed by atoms with Gasteiger partial charge in [-0.2, -0.15) is 5.10 Å². The number of carbonyl (C=O) groups is 2. The number of halogens is 1. The highest BCUT2D eigenvalue weighted by molar-refractivity contribution is 6.30. The van der Waals surface area contributed by atoms with E-state index in [4.69, 9.17) is 16.3 Å². The lowest BCUT2D eigenvalue weighted by Crippen LogP contribution is -2.51. The molecular formula is C24H28ClN5O3. The van der Waals surface area contributed by atoms with Crippen LogP contribution in [0.15, 0.2) is 42.7 Å². The summed E-state index contributed by atoms with van der Waals surface area (Å²) in [5.41, 5.74) is 2.14. The Hall–Kier alpha value is -2.97. The van der Waals surface area contributed by atoms with E-state index in [1.54, 1.807) is 36.4 Å². The Balaban J connectivity index is 1.47. The second-order valence-corrected chi connectivity index (χ2v) is 8.79. The van der Waals surface area contributed by atoms with Crippen LogP contribution >= 0.6 is 11.6 Å². The molecule has 9 heteroatoms. The van der Waals surface area contributed by atoms with Gasteiger partial charge in [-0.05, 0) is 44.5 Å². The number of esters is 1. The molecule has 33 heavy (non-hydrogen) atoms. The molecule has 2 aromatic heterocycles.